The first-order valence-corrected chi connectivity index (χ1v) is 7.59. The lowest BCUT2D eigenvalue weighted by atomic mass is 9.81. The van der Waals surface area contributed by atoms with Gasteiger partial charge in [-0.15, -0.1) is 0 Å². The van der Waals surface area contributed by atoms with Crippen molar-refractivity contribution in [1.82, 2.24) is 0 Å². The molecule has 1 saturated heterocycles. The lowest BCUT2D eigenvalue weighted by Gasteiger charge is -2.30. The summed E-state index contributed by atoms with van der Waals surface area (Å²) in [5.41, 5.74) is 0.222. The molecule has 0 aliphatic carbocycles. The molecule has 1 fully saturated rings. The third-order valence-corrected chi connectivity index (χ3v) is 4.51. The van der Waals surface area contributed by atoms with Gasteiger partial charge in [-0.3, -0.25) is 4.79 Å². The van der Waals surface area contributed by atoms with Gasteiger partial charge in [0, 0.05) is 12.0 Å². The van der Waals surface area contributed by atoms with E-state index in [4.69, 9.17) is 18.6 Å². The third kappa shape index (κ3) is 2.42. The smallest absolute Gasteiger partial charge is 0.310 e. The molecule has 2 aliphatic heterocycles. The summed E-state index contributed by atoms with van der Waals surface area (Å²) in [5.74, 6) is -2.68. The Bertz CT molecular complexity index is 750. The molecule has 2 aliphatic rings. The highest BCUT2D eigenvalue weighted by molar-refractivity contribution is 5.75. The topological polar surface area (TPSA) is 98.4 Å². The predicted molar refractivity (Wildman–Crippen MR) is 79.0 cm³/mol. The second kappa shape index (κ2) is 5.54. The van der Waals surface area contributed by atoms with E-state index in [1.165, 1.54) is 12.3 Å². The second-order valence-corrected chi connectivity index (χ2v) is 5.92. The fourth-order valence-electron chi connectivity index (χ4n) is 3.17. The van der Waals surface area contributed by atoms with E-state index in [2.05, 4.69) is 0 Å². The summed E-state index contributed by atoms with van der Waals surface area (Å²) in [6.45, 7) is 0.0143. The minimum Gasteiger partial charge on any atom is -0.469 e. The van der Waals surface area contributed by atoms with E-state index < -0.39 is 23.6 Å². The normalized spacial score (nSPS) is 22.7. The number of aliphatic hydroxyl groups is 2. The van der Waals surface area contributed by atoms with E-state index in [1.807, 2.05) is 0 Å². The second-order valence-electron chi connectivity index (χ2n) is 5.92. The molecule has 2 atom stereocenters. The summed E-state index contributed by atoms with van der Waals surface area (Å²) in [6.07, 6.45) is 1.75. The van der Waals surface area contributed by atoms with Crippen LogP contribution < -0.4 is 9.47 Å². The first kappa shape index (κ1) is 15.0. The van der Waals surface area contributed by atoms with Gasteiger partial charge in [-0.25, -0.2) is 0 Å². The van der Waals surface area contributed by atoms with Gasteiger partial charge < -0.3 is 28.8 Å². The Kier molecular flexibility index (Phi) is 3.47. The quantitative estimate of drug-likeness (QED) is 0.641. The summed E-state index contributed by atoms with van der Waals surface area (Å²) in [7, 11) is 0. The molecule has 2 aromatic rings. The van der Waals surface area contributed by atoms with Gasteiger partial charge in [0.25, 0.3) is 0 Å². The molecule has 0 radical (unpaired) electrons. The maximum absolute atomic E-state index is 12.0. The summed E-state index contributed by atoms with van der Waals surface area (Å²) in [5, 5.41) is 21.5. The number of furan rings is 1. The van der Waals surface area contributed by atoms with Crippen LogP contribution in [0.2, 0.25) is 0 Å². The number of esters is 1. The number of hydrogen-bond donors (Lipinski definition) is 2. The zero-order chi connectivity index (χ0) is 16.7. The molecule has 1 aromatic carbocycles. The van der Waals surface area contributed by atoms with Crippen molar-refractivity contribution < 1.29 is 33.6 Å². The fourth-order valence-corrected chi connectivity index (χ4v) is 3.17. The lowest BCUT2D eigenvalue weighted by molar-refractivity contribution is -0.217. The molecule has 3 heterocycles. The number of benzene rings is 1. The molecule has 7 nitrogen and oxygen atoms in total. The summed E-state index contributed by atoms with van der Waals surface area (Å²) in [4.78, 5) is 12.0. The van der Waals surface area contributed by atoms with Gasteiger partial charge in [0.2, 0.25) is 6.79 Å². The van der Waals surface area contributed by atoms with Crippen molar-refractivity contribution >= 4 is 5.97 Å². The number of cyclic esters (lactones) is 1. The first-order chi connectivity index (χ1) is 11.6. The van der Waals surface area contributed by atoms with Gasteiger partial charge in [-0.05, 0) is 30.3 Å². The van der Waals surface area contributed by atoms with Gasteiger partial charge in [0.15, 0.2) is 17.3 Å². The Morgan fingerprint density at radius 3 is 2.75 bits per heavy atom. The van der Waals surface area contributed by atoms with Crippen molar-refractivity contribution in [3.05, 3.63) is 47.9 Å². The molecule has 24 heavy (non-hydrogen) atoms. The monoisotopic (exact) mass is 332 g/mol. The Morgan fingerprint density at radius 1 is 1.12 bits per heavy atom. The maximum Gasteiger partial charge on any atom is 0.310 e. The van der Waals surface area contributed by atoms with Crippen molar-refractivity contribution in [2.45, 2.75) is 12.2 Å². The SMILES string of the molecule is O=C1OC[C@H](C(O)(O)c2ccc3c(c2)OCO3)[C@H]1Cc1ccco1. The molecule has 0 saturated carbocycles. The maximum atomic E-state index is 12.0. The largest absolute Gasteiger partial charge is 0.469 e. The molecule has 4 rings (SSSR count). The van der Waals surface area contributed by atoms with Gasteiger partial charge in [-0.2, -0.15) is 0 Å². The zero-order valence-electron chi connectivity index (χ0n) is 12.7. The predicted octanol–water partition coefficient (Wildman–Crippen LogP) is 1.18. The number of ether oxygens (including phenoxy) is 3. The van der Waals surface area contributed by atoms with Crippen molar-refractivity contribution in [3.8, 4) is 11.5 Å². The minimum atomic E-state index is -2.25. The summed E-state index contributed by atoms with van der Waals surface area (Å²) < 4.78 is 20.8. The summed E-state index contributed by atoms with van der Waals surface area (Å²) >= 11 is 0. The van der Waals surface area contributed by atoms with Gasteiger partial charge >= 0.3 is 5.97 Å². The Morgan fingerprint density at radius 2 is 1.96 bits per heavy atom. The molecule has 1 aromatic heterocycles. The van der Waals surface area contributed by atoms with E-state index in [1.54, 1.807) is 24.3 Å². The third-order valence-electron chi connectivity index (χ3n) is 4.51. The van der Waals surface area contributed by atoms with E-state index in [9.17, 15) is 15.0 Å². The summed E-state index contributed by atoms with van der Waals surface area (Å²) in [6, 6.07) is 8.11. The van der Waals surface area contributed by atoms with E-state index in [0.717, 1.165) is 0 Å². The van der Waals surface area contributed by atoms with Crippen molar-refractivity contribution in [3.63, 3.8) is 0 Å². The highest BCUT2D eigenvalue weighted by atomic mass is 16.7. The average Bonchev–Trinajstić information content (AvgIpc) is 3.29. The van der Waals surface area contributed by atoms with Gasteiger partial charge in [0.1, 0.15) is 12.4 Å². The van der Waals surface area contributed by atoms with Crippen LogP contribution in [0.4, 0.5) is 0 Å². The van der Waals surface area contributed by atoms with E-state index in [0.29, 0.717) is 17.3 Å². The van der Waals surface area contributed by atoms with Gasteiger partial charge in [0.05, 0.1) is 18.1 Å². The Labute approximate surface area is 137 Å². The van der Waals surface area contributed by atoms with Crippen LogP contribution in [-0.4, -0.2) is 29.6 Å². The van der Waals surface area contributed by atoms with E-state index >= 15 is 0 Å². The zero-order valence-corrected chi connectivity index (χ0v) is 12.7. The molecular weight excluding hydrogens is 316 g/mol. The minimum absolute atomic E-state index is 0.0777. The number of fused-ring (bicyclic) bond motifs is 1. The van der Waals surface area contributed by atoms with Crippen LogP contribution in [0.1, 0.15) is 11.3 Å². The standard InChI is InChI=1S/C17H16O7/c18-16-12(7-11-2-1-5-21-11)13(8-22-16)17(19,20)10-3-4-14-15(6-10)24-9-23-14/h1-6,12-13,19-20H,7-9H2/t12-,13+/m1/s1. The average molecular weight is 332 g/mol. The highest BCUT2D eigenvalue weighted by Gasteiger charge is 2.50. The number of rotatable bonds is 4. The van der Waals surface area contributed by atoms with Crippen molar-refractivity contribution in [2.24, 2.45) is 11.8 Å². The molecule has 126 valence electrons. The molecule has 7 heteroatoms. The Hall–Kier alpha value is -2.51. The van der Waals surface area contributed by atoms with Crippen LogP contribution in [0.3, 0.4) is 0 Å². The van der Waals surface area contributed by atoms with Crippen molar-refractivity contribution in [2.75, 3.05) is 13.4 Å². The molecule has 2 N–H and O–H groups in total. The molecular formula is C17H16O7. The number of carbonyl (C=O) groups is 1. The van der Waals surface area contributed by atoms with Crippen LogP contribution in [-0.2, 0) is 21.7 Å². The van der Waals surface area contributed by atoms with E-state index in [-0.39, 0.29) is 25.4 Å². The van der Waals surface area contributed by atoms with Crippen LogP contribution in [0, 0.1) is 11.8 Å². The molecule has 0 unspecified atom stereocenters. The van der Waals surface area contributed by atoms with Gasteiger partial charge in [-0.1, -0.05) is 0 Å². The molecule has 0 bridgehead atoms. The van der Waals surface area contributed by atoms with Crippen LogP contribution in [0.25, 0.3) is 0 Å². The molecule has 0 amide bonds. The highest BCUT2D eigenvalue weighted by Crippen LogP contribution is 2.42. The fraction of sp³-hybridized carbons (Fsp3) is 0.353. The Balaban J connectivity index is 1.63. The van der Waals surface area contributed by atoms with Crippen LogP contribution in [0.15, 0.2) is 41.0 Å². The van der Waals surface area contributed by atoms with Crippen LogP contribution in [0.5, 0.6) is 11.5 Å². The first-order valence-electron chi connectivity index (χ1n) is 7.59. The molecule has 0 spiro atoms. The number of hydrogen-bond acceptors (Lipinski definition) is 7. The van der Waals surface area contributed by atoms with Crippen molar-refractivity contribution in [1.29, 1.82) is 0 Å². The van der Waals surface area contributed by atoms with Crippen LogP contribution >= 0.6 is 0 Å². The lowest BCUT2D eigenvalue weighted by Crippen LogP contribution is -2.40. The number of carbonyl (C=O) groups excluding carboxylic acids is 1.